The summed E-state index contributed by atoms with van der Waals surface area (Å²) in [7, 11) is 1.46. The molecular formula is C24H24N4O5. The molecule has 2 aromatic carbocycles. The Hall–Kier alpha value is -4.27. The van der Waals surface area contributed by atoms with Crippen molar-refractivity contribution >= 4 is 18.1 Å². The third-order valence-electron chi connectivity index (χ3n) is 4.42. The van der Waals surface area contributed by atoms with E-state index in [4.69, 9.17) is 14.2 Å². The molecule has 1 heterocycles. The van der Waals surface area contributed by atoms with Crippen LogP contribution >= 0.6 is 0 Å². The van der Waals surface area contributed by atoms with E-state index in [0.717, 1.165) is 12.8 Å². The van der Waals surface area contributed by atoms with Gasteiger partial charge in [-0.05, 0) is 54.4 Å². The largest absolute Gasteiger partial charge is 0.494 e. The topological polar surface area (TPSA) is 112 Å². The van der Waals surface area contributed by atoms with Crippen LogP contribution in [0, 0.1) is 0 Å². The molecule has 0 radical (unpaired) electrons. The number of amides is 1. The fraction of sp³-hybridized carbons (Fsp3) is 0.208. The summed E-state index contributed by atoms with van der Waals surface area (Å²) in [6.45, 7) is 2.73. The lowest BCUT2D eigenvalue weighted by molar-refractivity contribution is 0.0729. The molecule has 0 bridgehead atoms. The number of nitrogens with zero attached hydrogens (tertiary/aromatic N) is 3. The van der Waals surface area contributed by atoms with Crippen LogP contribution in [0.25, 0.3) is 0 Å². The van der Waals surface area contributed by atoms with Crippen molar-refractivity contribution < 1.29 is 23.8 Å². The number of unbranched alkanes of at least 4 members (excludes halogenated alkanes) is 1. The van der Waals surface area contributed by atoms with E-state index in [1.807, 2.05) is 0 Å². The number of nitrogens with one attached hydrogen (secondary N) is 1. The van der Waals surface area contributed by atoms with E-state index in [1.54, 1.807) is 42.5 Å². The van der Waals surface area contributed by atoms with Crippen molar-refractivity contribution in [2.24, 2.45) is 5.10 Å². The van der Waals surface area contributed by atoms with Crippen LogP contribution in [0.15, 0.2) is 66.2 Å². The third-order valence-corrected chi connectivity index (χ3v) is 4.42. The van der Waals surface area contributed by atoms with Crippen LogP contribution in [0.4, 0.5) is 0 Å². The molecule has 0 spiro atoms. The average molecular weight is 448 g/mol. The Labute approximate surface area is 191 Å². The first-order valence-electron chi connectivity index (χ1n) is 10.3. The van der Waals surface area contributed by atoms with Crippen molar-refractivity contribution in [1.82, 2.24) is 15.4 Å². The van der Waals surface area contributed by atoms with Crippen molar-refractivity contribution in [2.45, 2.75) is 19.8 Å². The van der Waals surface area contributed by atoms with Gasteiger partial charge in [0, 0.05) is 12.4 Å². The van der Waals surface area contributed by atoms with Gasteiger partial charge in [0.1, 0.15) is 11.4 Å². The maximum absolute atomic E-state index is 12.5. The molecule has 3 rings (SSSR count). The first-order chi connectivity index (χ1) is 16.1. The Morgan fingerprint density at radius 1 is 1.09 bits per heavy atom. The van der Waals surface area contributed by atoms with Crippen LogP contribution in [0.5, 0.6) is 17.2 Å². The number of carbonyl (C=O) groups is 2. The van der Waals surface area contributed by atoms with Gasteiger partial charge in [-0.2, -0.15) is 5.10 Å². The van der Waals surface area contributed by atoms with Crippen molar-refractivity contribution in [2.75, 3.05) is 13.7 Å². The lowest BCUT2D eigenvalue weighted by atomic mass is 10.2. The Balaban J connectivity index is 1.61. The van der Waals surface area contributed by atoms with Gasteiger partial charge >= 0.3 is 5.97 Å². The zero-order valence-electron chi connectivity index (χ0n) is 18.4. The van der Waals surface area contributed by atoms with E-state index < -0.39 is 11.9 Å². The molecule has 1 amide bonds. The van der Waals surface area contributed by atoms with Crippen LogP contribution < -0.4 is 19.6 Å². The first-order valence-corrected chi connectivity index (χ1v) is 10.3. The molecule has 0 unspecified atom stereocenters. The third kappa shape index (κ3) is 6.86. The Morgan fingerprint density at radius 2 is 1.91 bits per heavy atom. The average Bonchev–Trinajstić information content (AvgIpc) is 2.85. The van der Waals surface area contributed by atoms with E-state index in [-0.39, 0.29) is 11.4 Å². The van der Waals surface area contributed by atoms with Crippen molar-refractivity contribution in [3.8, 4) is 17.2 Å². The predicted molar refractivity (Wildman–Crippen MR) is 122 cm³/mol. The fourth-order valence-corrected chi connectivity index (χ4v) is 2.67. The summed E-state index contributed by atoms with van der Waals surface area (Å²) < 4.78 is 16.4. The minimum Gasteiger partial charge on any atom is -0.494 e. The normalized spacial score (nSPS) is 10.6. The van der Waals surface area contributed by atoms with E-state index in [1.165, 1.54) is 31.9 Å². The van der Waals surface area contributed by atoms with Crippen LogP contribution in [0.1, 0.15) is 46.2 Å². The van der Waals surface area contributed by atoms with Gasteiger partial charge in [0.15, 0.2) is 11.5 Å². The molecule has 3 aromatic rings. The predicted octanol–water partition coefficient (Wildman–Crippen LogP) is 3.65. The van der Waals surface area contributed by atoms with Crippen LogP contribution in [-0.2, 0) is 0 Å². The van der Waals surface area contributed by atoms with Gasteiger partial charge in [-0.25, -0.2) is 15.2 Å². The summed E-state index contributed by atoms with van der Waals surface area (Å²) in [5.41, 5.74) is 3.52. The minimum absolute atomic E-state index is 0.148. The SMILES string of the molecule is CCCCOc1ccc(C(=O)Oc2ccc(/C=N\NC(=O)c3cnccn3)cc2OC)cc1. The second kappa shape index (κ2) is 11.9. The molecule has 0 saturated carbocycles. The zero-order chi connectivity index (χ0) is 23.5. The number of esters is 1. The fourth-order valence-electron chi connectivity index (χ4n) is 2.67. The molecule has 0 saturated heterocycles. The summed E-state index contributed by atoms with van der Waals surface area (Å²) >= 11 is 0. The Kier molecular flexibility index (Phi) is 8.47. The molecule has 0 aliphatic rings. The second-order valence-electron chi connectivity index (χ2n) is 6.82. The number of carbonyl (C=O) groups excluding carboxylic acids is 2. The summed E-state index contributed by atoms with van der Waals surface area (Å²) in [6, 6.07) is 11.7. The summed E-state index contributed by atoms with van der Waals surface area (Å²) in [5.74, 6) is 0.288. The van der Waals surface area contributed by atoms with Gasteiger partial charge in [-0.1, -0.05) is 13.3 Å². The molecular weight excluding hydrogens is 424 g/mol. The Bertz CT molecular complexity index is 1100. The highest BCUT2D eigenvalue weighted by molar-refractivity contribution is 5.93. The lowest BCUT2D eigenvalue weighted by Gasteiger charge is -2.10. The summed E-state index contributed by atoms with van der Waals surface area (Å²) in [6.07, 6.45) is 7.68. The molecule has 9 heteroatoms. The van der Waals surface area contributed by atoms with E-state index in [9.17, 15) is 9.59 Å². The number of benzene rings is 2. The highest BCUT2D eigenvalue weighted by Crippen LogP contribution is 2.28. The number of hydrogen-bond donors (Lipinski definition) is 1. The maximum Gasteiger partial charge on any atom is 0.343 e. The molecule has 170 valence electrons. The number of hydrogen-bond acceptors (Lipinski definition) is 8. The van der Waals surface area contributed by atoms with Gasteiger partial charge in [-0.15, -0.1) is 0 Å². The lowest BCUT2D eigenvalue weighted by Crippen LogP contribution is -2.19. The molecule has 9 nitrogen and oxygen atoms in total. The molecule has 0 atom stereocenters. The van der Waals surface area contributed by atoms with Gasteiger partial charge < -0.3 is 14.2 Å². The summed E-state index contributed by atoms with van der Waals surface area (Å²) in [5, 5.41) is 3.90. The van der Waals surface area contributed by atoms with E-state index in [0.29, 0.717) is 29.2 Å². The van der Waals surface area contributed by atoms with Gasteiger partial charge in [0.05, 0.1) is 31.7 Å². The Morgan fingerprint density at radius 3 is 2.61 bits per heavy atom. The van der Waals surface area contributed by atoms with Gasteiger partial charge in [-0.3, -0.25) is 9.78 Å². The van der Waals surface area contributed by atoms with Gasteiger partial charge in [0.25, 0.3) is 5.91 Å². The number of aromatic nitrogens is 2. The molecule has 33 heavy (non-hydrogen) atoms. The monoisotopic (exact) mass is 448 g/mol. The zero-order valence-corrected chi connectivity index (χ0v) is 18.4. The summed E-state index contributed by atoms with van der Waals surface area (Å²) in [4.78, 5) is 32.2. The smallest absolute Gasteiger partial charge is 0.343 e. The molecule has 0 fully saturated rings. The van der Waals surface area contributed by atoms with Crippen molar-refractivity contribution in [1.29, 1.82) is 0 Å². The van der Waals surface area contributed by atoms with E-state index in [2.05, 4.69) is 27.4 Å². The number of rotatable bonds is 10. The van der Waals surface area contributed by atoms with Crippen molar-refractivity contribution in [3.63, 3.8) is 0 Å². The highest BCUT2D eigenvalue weighted by atomic mass is 16.6. The highest BCUT2D eigenvalue weighted by Gasteiger charge is 2.13. The maximum atomic E-state index is 12.5. The van der Waals surface area contributed by atoms with Crippen molar-refractivity contribution in [3.05, 3.63) is 77.9 Å². The van der Waals surface area contributed by atoms with Crippen LogP contribution in [0.3, 0.4) is 0 Å². The molecule has 0 aliphatic carbocycles. The molecule has 1 N–H and O–H groups in total. The second-order valence-corrected chi connectivity index (χ2v) is 6.82. The van der Waals surface area contributed by atoms with Crippen LogP contribution in [-0.4, -0.2) is 41.8 Å². The number of hydrazone groups is 1. The van der Waals surface area contributed by atoms with Crippen LogP contribution in [0.2, 0.25) is 0 Å². The number of ether oxygens (including phenoxy) is 3. The molecule has 1 aromatic heterocycles. The van der Waals surface area contributed by atoms with E-state index >= 15 is 0 Å². The minimum atomic E-state index is -0.522. The quantitative estimate of drug-likeness (QED) is 0.166. The first kappa shape index (κ1) is 23.4. The molecule has 0 aliphatic heterocycles. The standard InChI is InChI=1S/C24H24N4O5/c1-3-4-13-32-19-8-6-18(7-9-19)24(30)33-21-10-5-17(14-22(21)31-2)15-27-28-23(29)20-16-25-11-12-26-20/h5-12,14-16H,3-4,13H2,1-2H3,(H,28,29)/b27-15-. The van der Waals surface area contributed by atoms with Gasteiger partial charge in [0.2, 0.25) is 0 Å². The number of methoxy groups -OCH3 is 1.